The Morgan fingerprint density at radius 3 is 2.43 bits per heavy atom. The van der Waals surface area contributed by atoms with Crippen molar-refractivity contribution in [2.24, 2.45) is 0 Å². The number of hydrogen-bond acceptors (Lipinski definition) is 3. The van der Waals surface area contributed by atoms with Gasteiger partial charge in [-0.1, -0.05) is 30.3 Å². The molecule has 3 rings (SSSR count). The first-order valence-corrected chi connectivity index (χ1v) is 9.64. The van der Waals surface area contributed by atoms with Gasteiger partial charge in [-0.2, -0.15) is 0 Å². The van der Waals surface area contributed by atoms with Gasteiger partial charge in [0, 0.05) is 38.3 Å². The summed E-state index contributed by atoms with van der Waals surface area (Å²) < 4.78 is 13.1. The molecule has 0 aromatic heterocycles. The Kier molecular flexibility index (Phi) is 6.76. The first-order valence-electron chi connectivity index (χ1n) is 9.64. The SMILES string of the molecule is CC(NC(=O)c1ccccc1)C(=O)N1CCCN(Cc2ccc(F)cc2)CC1. The van der Waals surface area contributed by atoms with E-state index >= 15 is 0 Å². The van der Waals surface area contributed by atoms with Crippen molar-refractivity contribution >= 4 is 11.8 Å². The third-order valence-electron chi connectivity index (χ3n) is 4.97. The minimum absolute atomic E-state index is 0.0621. The van der Waals surface area contributed by atoms with Crippen molar-refractivity contribution in [1.82, 2.24) is 15.1 Å². The first-order chi connectivity index (χ1) is 13.5. The van der Waals surface area contributed by atoms with Crippen molar-refractivity contribution in [3.63, 3.8) is 0 Å². The number of carbonyl (C=O) groups is 2. The van der Waals surface area contributed by atoms with Gasteiger partial charge in [-0.15, -0.1) is 0 Å². The lowest BCUT2D eigenvalue weighted by molar-refractivity contribution is -0.132. The van der Waals surface area contributed by atoms with Gasteiger partial charge in [0.05, 0.1) is 0 Å². The molecule has 0 radical (unpaired) electrons. The normalized spacial score (nSPS) is 16.3. The van der Waals surface area contributed by atoms with E-state index < -0.39 is 6.04 Å². The van der Waals surface area contributed by atoms with Crippen molar-refractivity contribution in [1.29, 1.82) is 0 Å². The van der Waals surface area contributed by atoms with E-state index in [-0.39, 0.29) is 17.6 Å². The number of nitrogens with one attached hydrogen (secondary N) is 1. The van der Waals surface area contributed by atoms with Crippen LogP contribution in [0.4, 0.5) is 4.39 Å². The second kappa shape index (κ2) is 9.46. The molecule has 148 valence electrons. The summed E-state index contributed by atoms with van der Waals surface area (Å²) in [5, 5.41) is 2.79. The van der Waals surface area contributed by atoms with Gasteiger partial charge in [-0.25, -0.2) is 4.39 Å². The van der Waals surface area contributed by atoms with Gasteiger partial charge in [0.1, 0.15) is 11.9 Å². The number of hydrogen-bond donors (Lipinski definition) is 1. The Morgan fingerprint density at radius 2 is 1.71 bits per heavy atom. The van der Waals surface area contributed by atoms with Crippen molar-refractivity contribution in [3.8, 4) is 0 Å². The van der Waals surface area contributed by atoms with Gasteiger partial charge in [0.15, 0.2) is 0 Å². The van der Waals surface area contributed by atoms with Gasteiger partial charge >= 0.3 is 0 Å². The van der Waals surface area contributed by atoms with E-state index in [0.717, 1.165) is 31.6 Å². The van der Waals surface area contributed by atoms with Crippen LogP contribution in [0.3, 0.4) is 0 Å². The van der Waals surface area contributed by atoms with Crippen LogP contribution in [-0.2, 0) is 11.3 Å². The minimum Gasteiger partial charge on any atom is -0.341 e. The lowest BCUT2D eigenvalue weighted by Crippen LogP contribution is -2.48. The Labute approximate surface area is 165 Å². The predicted molar refractivity (Wildman–Crippen MR) is 106 cm³/mol. The lowest BCUT2D eigenvalue weighted by Gasteiger charge is -2.25. The monoisotopic (exact) mass is 383 g/mol. The molecule has 0 bridgehead atoms. The molecule has 6 heteroatoms. The molecule has 2 aromatic carbocycles. The number of rotatable bonds is 5. The third-order valence-corrected chi connectivity index (χ3v) is 4.97. The van der Waals surface area contributed by atoms with Crippen LogP contribution >= 0.6 is 0 Å². The standard InChI is InChI=1S/C22H26FN3O2/c1-17(24-21(27)19-6-3-2-4-7-19)22(28)26-13-5-12-25(14-15-26)16-18-8-10-20(23)11-9-18/h2-4,6-11,17H,5,12-16H2,1H3,(H,24,27). The van der Waals surface area contributed by atoms with Crippen LogP contribution in [0.25, 0.3) is 0 Å². The molecule has 5 nitrogen and oxygen atoms in total. The Hall–Kier alpha value is -2.73. The zero-order valence-corrected chi connectivity index (χ0v) is 16.1. The predicted octanol–water partition coefficient (Wildman–Crippen LogP) is 2.68. The van der Waals surface area contributed by atoms with E-state index in [1.54, 1.807) is 43.3 Å². The zero-order chi connectivity index (χ0) is 19.9. The molecule has 2 amide bonds. The molecule has 1 saturated heterocycles. The summed E-state index contributed by atoms with van der Waals surface area (Å²) in [5.74, 6) is -0.537. The molecule has 1 aliphatic heterocycles. The quantitative estimate of drug-likeness (QED) is 0.864. The Morgan fingerprint density at radius 1 is 1.00 bits per heavy atom. The van der Waals surface area contributed by atoms with Crippen LogP contribution < -0.4 is 5.32 Å². The molecule has 0 spiro atoms. The van der Waals surface area contributed by atoms with Crippen LogP contribution in [0.1, 0.15) is 29.3 Å². The number of benzene rings is 2. The summed E-state index contributed by atoms with van der Waals surface area (Å²) in [7, 11) is 0. The maximum atomic E-state index is 13.1. The van der Waals surface area contributed by atoms with Crippen molar-refractivity contribution in [3.05, 3.63) is 71.5 Å². The van der Waals surface area contributed by atoms with Gasteiger partial charge in [0.25, 0.3) is 5.91 Å². The maximum Gasteiger partial charge on any atom is 0.251 e. The van der Waals surface area contributed by atoms with Gasteiger partial charge in [-0.3, -0.25) is 14.5 Å². The number of amides is 2. The molecule has 1 fully saturated rings. The van der Waals surface area contributed by atoms with E-state index in [2.05, 4.69) is 10.2 Å². The molecular formula is C22H26FN3O2. The average Bonchev–Trinajstić information content (AvgIpc) is 2.95. The van der Waals surface area contributed by atoms with Crippen LogP contribution in [-0.4, -0.2) is 53.8 Å². The van der Waals surface area contributed by atoms with Gasteiger partial charge in [-0.05, 0) is 43.2 Å². The smallest absolute Gasteiger partial charge is 0.251 e. The highest BCUT2D eigenvalue weighted by Crippen LogP contribution is 2.11. The maximum absolute atomic E-state index is 13.1. The minimum atomic E-state index is -0.573. The molecule has 0 saturated carbocycles. The van der Waals surface area contributed by atoms with Crippen molar-refractivity contribution in [2.75, 3.05) is 26.2 Å². The Bertz CT molecular complexity index is 795. The number of nitrogens with zero attached hydrogens (tertiary/aromatic N) is 2. The molecule has 1 N–H and O–H groups in total. The molecule has 28 heavy (non-hydrogen) atoms. The van der Waals surface area contributed by atoms with Crippen LogP contribution in [0.5, 0.6) is 0 Å². The molecule has 1 unspecified atom stereocenters. The average molecular weight is 383 g/mol. The number of carbonyl (C=O) groups excluding carboxylic acids is 2. The van der Waals surface area contributed by atoms with E-state index in [1.807, 2.05) is 11.0 Å². The first kappa shape index (κ1) is 20.0. The fourth-order valence-corrected chi connectivity index (χ4v) is 3.40. The third kappa shape index (κ3) is 5.39. The van der Waals surface area contributed by atoms with Gasteiger partial charge < -0.3 is 10.2 Å². The van der Waals surface area contributed by atoms with Crippen LogP contribution in [0.15, 0.2) is 54.6 Å². The summed E-state index contributed by atoms with van der Waals surface area (Å²) in [6, 6.07) is 14.9. The largest absolute Gasteiger partial charge is 0.341 e. The summed E-state index contributed by atoms with van der Waals surface area (Å²) in [4.78, 5) is 29.1. The Balaban J connectivity index is 1.51. The summed E-state index contributed by atoms with van der Waals surface area (Å²) in [6.07, 6.45) is 0.867. The summed E-state index contributed by atoms with van der Waals surface area (Å²) >= 11 is 0. The van der Waals surface area contributed by atoms with E-state index in [4.69, 9.17) is 0 Å². The van der Waals surface area contributed by atoms with Crippen LogP contribution in [0, 0.1) is 5.82 Å². The molecule has 2 aromatic rings. The highest BCUT2D eigenvalue weighted by Gasteiger charge is 2.24. The lowest BCUT2D eigenvalue weighted by atomic mass is 10.2. The second-order valence-electron chi connectivity index (χ2n) is 7.14. The fourth-order valence-electron chi connectivity index (χ4n) is 3.40. The van der Waals surface area contributed by atoms with Crippen molar-refractivity contribution < 1.29 is 14.0 Å². The summed E-state index contributed by atoms with van der Waals surface area (Å²) in [6.45, 7) is 5.39. The van der Waals surface area contributed by atoms with E-state index in [1.165, 1.54) is 12.1 Å². The van der Waals surface area contributed by atoms with E-state index in [9.17, 15) is 14.0 Å². The fraction of sp³-hybridized carbons (Fsp3) is 0.364. The molecular weight excluding hydrogens is 357 g/mol. The van der Waals surface area contributed by atoms with Crippen molar-refractivity contribution in [2.45, 2.75) is 25.9 Å². The number of halogens is 1. The molecule has 1 aliphatic rings. The zero-order valence-electron chi connectivity index (χ0n) is 16.1. The van der Waals surface area contributed by atoms with E-state index in [0.29, 0.717) is 18.7 Å². The highest BCUT2D eigenvalue weighted by molar-refractivity contribution is 5.97. The van der Waals surface area contributed by atoms with Gasteiger partial charge in [0.2, 0.25) is 5.91 Å². The highest BCUT2D eigenvalue weighted by atomic mass is 19.1. The topological polar surface area (TPSA) is 52.7 Å². The second-order valence-corrected chi connectivity index (χ2v) is 7.14. The summed E-state index contributed by atoms with van der Waals surface area (Å²) in [5.41, 5.74) is 1.60. The molecule has 0 aliphatic carbocycles. The molecule has 1 atom stereocenters. The van der Waals surface area contributed by atoms with Crippen LogP contribution in [0.2, 0.25) is 0 Å². The molecule has 1 heterocycles.